The maximum absolute atomic E-state index is 12.7. The molecule has 1 unspecified atom stereocenters. The van der Waals surface area contributed by atoms with Gasteiger partial charge in [0.2, 0.25) is 0 Å². The molecule has 2 fully saturated rings. The number of ether oxygens (including phenoxy) is 2. The number of amides is 1. The van der Waals surface area contributed by atoms with Crippen molar-refractivity contribution in [3.8, 4) is 0 Å². The third kappa shape index (κ3) is 3.61. The first-order valence-corrected chi connectivity index (χ1v) is 9.10. The van der Waals surface area contributed by atoms with Crippen molar-refractivity contribution in [3.05, 3.63) is 41.7 Å². The Balaban J connectivity index is 1.50. The summed E-state index contributed by atoms with van der Waals surface area (Å²) < 4.78 is 11.1. The fraction of sp³-hybridized carbons (Fsp3) is 0.556. The van der Waals surface area contributed by atoms with E-state index in [0.717, 1.165) is 25.7 Å². The van der Waals surface area contributed by atoms with E-state index in [4.69, 9.17) is 9.47 Å². The molecule has 0 radical (unpaired) electrons. The molecular formula is C18H23N5O3. The van der Waals surface area contributed by atoms with Gasteiger partial charge in [0.15, 0.2) is 5.82 Å². The zero-order chi connectivity index (χ0) is 17.8. The van der Waals surface area contributed by atoms with Crippen LogP contribution in [0.15, 0.2) is 30.3 Å². The fourth-order valence-electron chi connectivity index (χ4n) is 3.60. The highest BCUT2D eigenvalue weighted by Gasteiger charge is 2.41. The fourth-order valence-corrected chi connectivity index (χ4v) is 3.60. The summed E-state index contributed by atoms with van der Waals surface area (Å²) >= 11 is 0. The molecule has 0 spiro atoms. The molecule has 1 aliphatic heterocycles. The number of rotatable bonds is 5. The molecule has 4 rings (SSSR count). The number of carbonyl (C=O) groups excluding carboxylic acids is 1. The van der Waals surface area contributed by atoms with Gasteiger partial charge in [0, 0.05) is 5.56 Å². The predicted octanol–water partition coefficient (Wildman–Crippen LogP) is 1.29. The van der Waals surface area contributed by atoms with Crippen LogP contribution in [-0.4, -0.2) is 52.0 Å². The van der Waals surface area contributed by atoms with Crippen molar-refractivity contribution >= 4 is 5.91 Å². The van der Waals surface area contributed by atoms with Gasteiger partial charge in [-0.3, -0.25) is 4.79 Å². The Morgan fingerprint density at radius 1 is 1.23 bits per heavy atom. The molecule has 138 valence electrons. The third-order valence-corrected chi connectivity index (χ3v) is 4.98. The van der Waals surface area contributed by atoms with E-state index in [1.165, 1.54) is 0 Å². The van der Waals surface area contributed by atoms with E-state index >= 15 is 0 Å². The lowest BCUT2D eigenvalue weighted by molar-refractivity contribution is -0.0960. The highest BCUT2D eigenvalue weighted by Crippen LogP contribution is 2.37. The first kappa shape index (κ1) is 17.1. The highest BCUT2D eigenvalue weighted by atomic mass is 16.6. The van der Waals surface area contributed by atoms with Crippen molar-refractivity contribution in [2.45, 2.75) is 43.9 Å². The highest BCUT2D eigenvalue weighted by molar-refractivity contribution is 5.94. The molecule has 1 saturated heterocycles. The zero-order valence-corrected chi connectivity index (χ0v) is 14.6. The van der Waals surface area contributed by atoms with Gasteiger partial charge >= 0.3 is 0 Å². The monoisotopic (exact) mass is 357 g/mol. The SMILES string of the molecule is O=C(NC1(c2nnn(CC3COCCO3)n2)CCCC1)c1ccccc1. The van der Waals surface area contributed by atoms with Crippen molar-refractivity contribution in [1.29, 1.82) is 0 Å². The quantitative estimate of drug-likeness (QED) is 0.867. The average molecular weight is 357 g/mol. The maximum Gasteiger partial charge on any atom is 0.252 e. The Morgan fingerprint density at radius 2 is 2.04 bits per heavy atom. The van der Waals surface area contributed by atoms with Crippen LogP contribution in [0.5, 0.6) is 0 Å². The topological polar surface area (TPSA) is 91.2 Å². The molecule has 1 N–H and O–H groups in total. The van der Waals surface area contributed by atoms with Gasteiger partial charge in [0.05, 0.1) is 26.4 Å². The van der Waals surface area contributed by atoms with Gasteiger partial charge in [0.1, 0.15) is 11.6 Å². The second-order valence-electron chi connectivity index (χ2n) is 6.84. The molecule has 1 aliphatic carbocycles. The molecule has 2 aliphatic rings. The Morgan fingerprint density at radius 3 is 2.77 bits per heavy atom. The second-order valence-corrected chi connectivity index (χ2v) is 6.84. The van der Waals surface area contributed by atoms with Crippen LogP contribution < -0.4 is 5.32 Å². The van der Waals surface area contributed by atoms with E-state index in [2.05, 4.69) is 20.7 Å². The minimum Gasteiger partial charge on any atom is -0.376 e. The van der Waals surface area contributed by atoms with E-state index in [9.17, 15) is 4.79 Å². The molecule has 8 heteroatoms. The van der Waals surface area contributed by atoms with Crippen LogP contribution in [0.4, 0.5) is 0 Å². The van der Waals surface area contributed by atoms with E-state index in [1.807, 2.05) is 30.3 Å². The summed E-state index contributed by atoms with van der Waals surface area (Å²) in [6, 6.07) is 9.23. The minimum absolute atomic E-state index is 0.0655. The Hall–Kier alpha value is -2.32. The molecule has 1 atom stereocenters. The number of aromatic nitrogens is 4. The standard InChI is InChI=1S/C18H23N5O3/c24-16(14-6-2-1-3-7-14)19-18(8-4-5-9-18)17-20-22-23(21-17)12-15-13-25-10-11-26-15/h1-3,6-7,15H,4-5,8-13H2,(H,19,24). The largest absolute Gasteiger partial charge is 0.376 e. The molecule has 8 nitrogen and oxygen atoms in total. The Bertz CT molecular complexity index is 736. The lowest BCUT2D eigenvalue weighted by Crippen LogP contribution is -2.44. The van der Waals surface area contributed by atoms with Crippen molar-refractivity contribution in [2.24, 2.45) is 0 Å². The molecule has 0 bridgehead atoms. The number of nitrogens with one attached hydrogen (secondary N) is 1. The van der Waals surface area contributed by atoms with Crippen molar-refractivity contribution in [2.75, 3.05) is 19.8 Å². The Labute approximate surface area is 151 Å². The minimum atomic E-state index is -0.547. The summed E-state index contributed by atoms with van der Waals surface area (Å²) in [5.74, 6) is 0.476. The van der Waals surface area contributed by atoms with E-state index in [0.29, 0.717) is 37.8 Å². The molecule has 26 heavy (non-hydrogen) atoms. The van der Waals surface area contributed by atoms with Crippen LogP contribution in [0.25, 0.3) is 0 Å². The van der Waals surface area contributed by atoms with Gasteiger partial charge in [-0.25, -0.2) is 0 Å². The molecular weight excluding hydrogens is 334 g/mol. The maximum atomic E-state index is 12.7. The van der Waals surface area contributed by atoms with Gasteiger partial charge in [0.25, 0.3) is 5.91 Å². The summed E-state index contributed by atoms with van der Waals surface area (Å²) in [4.78, 5) is 14.2. The van der Waals surface area contributed by atoms with E-state index < -0.39 is 5.54 Å². The number of benzene rings is 1. The van der Waals surface area contributed by atoms with Gasteiger partial charge in [-0.1, -0.05) is 31.0 Å². The molecule has 2 aromatic rings. The number of nitrogens with zero attached hydrogens (tertiary/aromatic N) is 4. The van der Waals surface area contributed by atoms with E-state index in [1.54, 1.807) is 4.80 Å². The smallest absolute Gasteiger partial charge is 0.252 e. The van der Waals surface area contributed by atoms with Crippen molar-refractivity contribution < 1.29 is 14.3 Å². The van der Waals surface area contributed by atoms with Crippen LogP contribution >= 0.6 is 0 Å². The third-order valence-electron chi connectivity index (χ3n) is 4.98. The van der Waals surface area contributed by atoms with Crippen molar-refractivity contribution in [3.63, 3.8) is 0 Å². The average Bonchev–Trinajstić information content (AvgIpc) is 3.34. The summed E-state index contributed by atoms with van der Waals surface area (Å²) in [6.07, 6.45) is 3.64. The van der Waals surface area contributed by atoms with Crippen molar-refractivity contribution in [1.82, 2.24) is 25.5 Å². The first-order chi connectivity index (χ1) is 12.8. The first-order valence-electron chi connectivity index (χ1n) is 9.10. The number of tetrazole rings is 1. The van der Waals surface area contributed by atoms with Gasteiger partial charge in [-0.15, -0.1) is 10.2 Å². The van der Waals surface area contributed by atoms with Crippen LogP contribution in [0.2, 0.25) is 0 Å². The van der Waals surface area contributed by atoms with Gasteiger partial charge in [-0.05, 0) is 30.2 Å². The summed E-state index contributed by atoms with van der Waals surface area (Å²) in [6.45, 7) is 2.24. The van der Waals surface area contributed by atoms with Crippen LogP contribution in [0.3, 0.4) is 0 Å². The van der Waals surface area contributed by atoms with Gasteiger partial charge in [-0.2, -0.15) is 4.80 Å². The number of carbonyl (C=O) groups is 1. The van der Waals surface area contributed by atoms with E-state index in [-0.39, 0.29) is 12.0 Å². The number of hydrogen-bond acceptors (Lipinski definition) is 6. The Kier molecular flexibility index (Phi) is 4.94. The predicted molar refractivity (Wildman–Crippen MR) is 92.4 cm³/mol. The summed E-state index contributed by atoms with van der Waals surface area (Å²) in [5.41, 5.74) is 0.0914. The van der Waals surface area contributed by atoms with Gasteiger partial charge < -0.3 is 14.8 Å². The second kappa shape index (κ2) is 7.51. The molecule has 2 heterocycles. The zero-order valence-electron chi connectivity index (χ0n) is 14.6. The molecule has 1 amide bonds. The van der Waals surface area contributed by atoms with Crippen LogP contribution in [-0.2, 0) is 21.6 Å². The molecule has 1 aromatic carbocycles. The molecule has 1 saturated carbocycles. The lowest BCUT2D eigenvalue weighted by Gasteiger charge is -2.27. The lowest BCUT2D eigenvalue weighted by atomic mass is 9.96. The normalized spacial score (nSPS) is 22.2. The molecule has 1 aromatic heterocycles. The summed E-state index contributed by atoms with van der Waals surface area (Å²) in [5, 5.41) is 16.1. The summed E-state index contributed by atoms with van der Waals surface area (Å²) in [7, 11) is 0. The van der Waals surface area contributed by atoms with Crippen LogP contribution in [0.1, 0.15) is 41.9 Å². The van der Waals surface area contributed by atoms with Crippen LogP contribution in [0, 0.1) is 0 Å². The number of hydrogen-bond donors (Lipinski definition) is 1.